The predicted molar refractivity (Wildman–Crippen MR) is 51.8 cm³/mol. The van der Waals surface area contributed by atoms with E-state index in [0.29, 0.717) is 0 Å². The van der Waals surface area contributed by atoms with Gasteiger partial charge in [-0.1, -0.05) is 20.8 Å². The van der Waals surface area contributed by atoms with Gasteiger partial charge in [0.1, 0.15) is 0 Å². The second-order valence-electron chi connectivity index (χ2n) is 4.51. The maximum atomic E-state index is 4.47. The van der Waals surface area contributed by atoms with Crippen molar-refractivity contribution in [1.82, 2.24) is 14.8 Å². The molecular formula is C9H16N4. The van der Waals surface area contributed by atoms with Gasteiger partial charge in [-0.3, -0.25) is 0 Å². The lowest BCUT2D eigenvalue weighted by molar-refractivity contribution is 0.514. The van der Waals surface area contributed by atoms with Gasteiger partial charge in [0, 0.05) is 18.5 Å². The summed E-state index contributed by atoms with van der Waals surface area (Å²) in [5.41, 5.74) is 0.0476. The Hall–Kier alpha value is -1.06. The van der Waals surface area contributed by atoms with Crippen LogP contribution in [0.2, 0.25) is 0 Å². The molecule has 0 amide bonds. The number of aryl methyl sites for hydroxylation is 1. The molecule has 1 N–H and O–H groups in total. The van der Waals surface area contributed by atoms with Gasteiger partial charge in [-0.05, 0) is 6.42 Å². The quantitative estimate of drug-likeness (QED) is 0.656. The number of nitrogens with zero attached hydrogens (tertiary/aromatic N) is 3. The molecule has 0 saturated heterocycles. The summed E-state index contributed by atoms with van der Waals surface area (Å²) >= 11 is 0. The maximum Gasteiger partial charge on any atom is 0.221 e. The molecule has 2 rings (SSSR count). The van der Waals surface area contributed by atoms with Crippen LogP contribution in [0.15, 0.2) is 0 Å². The molecule has 0 fully saturated rings. The fourth-order valence-electron chi connectivity index (χ4n) is 1.38. The lowest BCUT2D eigenvalue weighted by Crippen LogP contribution is -2.18. The van der Waals surface area contributed by atoms with Crippen LogP contribution in [0.5, 0.6) is 0 Å². The van der Waals surface area contributed by atoms with Gasteiger partial charge in [0.05, 0.1) is 0 Å². The monoisotopic (exact) mass is 180 g/mol. The molecule has 0 radical (unpaired) electrons. The lowest BCUT2D eigenvalue weighted by atomic mass is 9.96. The minimum Gasteiger partial charge on any atom is -0.354 e. The number of hydrogen-bond donors (Lipinski definition) is 1. The van der Waals surface area contributed by atoms with Crippen molar-refractivity contribution in [2.24, 2.45) is 0 Å². The van der Waals surface area contributed by atoms with Crippen LogP contribution >= 0.6 is 0 Å². The number of rotatable bonds is 0. The van der Waals surface area contributed by atoms with Crippen LogP contribution in [0.4, 0.5) is 5.95 Å². The number of hydrogen-bond acceptors (Lipinski definition) is 3. The zero-order chi connectivity index (χ0) is 9.47. The van der Waals surface area contributed by atoms with Gasteiger partial charge in [0.25, 0.3) is 0 Å². The minimum absolute atomic E-state index is 0.0476. The van der Waals surface area contributed by atoms with Crippen molar-refractivity contribution in [1.29, 1.82) is 0 Å². The first-order chi connectivity index (χ1) is 6.07. The highest BCUT2D eigenvalue weighted by molar-refractivity contribution is 5.28. The molecule has 1 aliphatic heterocycles. The summed E-state index contributed by atoms with van der Waals surface area (Å²) in [5.74, 6) is 1.85. The van der Waals surface area contributed by atoms with Gasteiger partial charge in [-0.15, -0.1) is 0 Å². The number of anilines is 1. The van der Waals surface area contributed by atoms with Crippen molar-refractivity contribution >= 4 is 5.95 Å². The SMILES string of the molecule is CC(C)(C)c1nc2n(n1)CCCN2. The third-order valence-electron chi connectivity index (χ3n) is 2.17. The Morgan fingerprint density at radius 3 is 2.77 bits per heavy atom. The van der Waals surface area contributed by atoms with Gasteiger partial charge in [0.15, 0.2) is 5.82 Å². The van der Waals surface area contributed by atoms with E-state index in [1.165, 1.54) is 0 Å². The largest absolute Gasteiger partial charge is 0.354 e. The Balaban J connectivity index is 2.36. The normalized spacial score (nSPS) is 16.5. The first-order valence-electron chi connectivity index (χ1n) is 4.76. The van der Waals surface area contributed by atoms with E-state index in [1.807, 2.05) is 4.68 Å². The average molecular weight is 180 g/mol. The molecule has 0 aromatic carbocycles. The molecule has 1 aliphatic rings. The summed E-state index contributed by atoms with van der Waals surface area (Å²) in [7, 11) is 0. The number of fused-ring (bicyclic) bond motifs is 1. The maximum absolute atomic E-state index is 4.47. The second-order valence-corrected chi connectivity index (χ2v) is 4.51. The molecule has 0 saturated carbocycles. The van der Waals surface area contributed by atoms with Crippen molar-refractivity contribution in [3.05, 3.63) is 5.82 Å². The van der Waals surface area contributed by atoms with E-state index in [0.717, 1.165) is 31.3 Å². The van der Waals surface area contributed by atoms with Crippen molar-refractivity contribution in [3.8, 4) is 0 Å². The van der Waals surface area contributed by atoms with E-state index in [2.05, 4.69) is 36.2 Å². The molecule has 1 aromatic rings. The molecule has 2 heterocycles. The average Bonchev–Trinajstić information content (AvgIpc) is 2.45. The Morgan fingerprint density at radius 2 is 2.15 bits per heavy atom. The zero-order valence-electron chi connectivity index (χ0n) is 8.46. The highest BCUT2D eigenvalue weighted by Crippen LogP contribution is 2.21. The van der Waals surface area contributed by atoms with Gasteiger partial charge >= 0.3 is 0 Å². The molecule has 13 heavy (non-hydrogen) atoms. The fourth-order valence-corrected chi connectivity index (χ4v) is 1.38. The molecule has 4 heteroatoms. The van der Waals surface area contributed by atoms with Gasteiger partial charge in [-0.2, -0.15) is 10.1 Å². The van der Waals surface area contributed by atoms with Crippen LogP contribution in [-0.4, -0.2) is 21.3 Å². The van der Waals surface area contributed by atoms with Crippen LogP contribution in [0, 0.1) is 0 Å². The van der Waals surface area contributed by atoms with Crippen LogP contribution < -0.4 is 5.32 Å². The van der Waals surface area contributed by atoms with E-state index in [-0.39, 0.29) is 5.41 Å². The van der Waals surface area contributed by atoms with Gasteiger partial charge in [-0.25, -0.2) is 4.68 Å². The highest BCUT2D eigenvalue weighted by atomic mass is 15.4. The molecule has 0 spiro atoms. The van der Waals surface area contributed by atoms with Crippen molar-refractivity contribution in [2.75, 3.05) is 11.9 Å². The Labute approximate surface area is 78.4 Å². The van der Waals surface area contributed by atoms with Crippen LogP contribution in [0.1, 0.15) is 33.0 Å². The first-order valence-corrected chi connectivity index (χ1v) is 4.76. The Bertz CT molecular complexity index is 284. The molecule has 4 nitrogen and oxygen atoms in total. The molecule has 72 valence electrons. The molecular weight excluding hydrogens is 164 g/mol. The van der Waals surface area contributed by atoms with E-state index >= 15 is 0 Å². The third kappa shape index (κ3) is 1.53. The molecule has 1 aromatic heterocycles. The van der Waals surface area contributed by atoms with E-state index in [4.69, 9.17) is 0 Å². The summed E-state index contributed by atoms with van der Waals surface area (Å²) in [6, 6.07) is 0. The number of nitrogens with one attached hydrogen (secondary N) is 1. The van der Waals surface area contributed by atoms with Crippen LogP contribution in [0.25, 0.3) is 0 Å². The van der Waals surface area contributed by atoms with E-state index in [1.54, 1.807) is 0 Å². The highest BCUT2D eigenvalue weighted by Gasteiger charge is 2.22. The van der Waals surface area contributed by atoms with E-state index < -0.39 is 0 Å². The smallest absolute Gasteiger partial charge is 0.221 e. The zero-order valence-corrected chi connectivity index (χ0v) is 8.46. The minimum atomic E-state index is 0.0476. The van der Waals surface area contributed by atoms with Gasteiger partial charge < -0.3 is 5.32 Å². The number of aromatic nitrogens is 3. The predicted octanol–water partition coefficient (Wildman–Crippen LogP) is 1.39. The molecule has 0 aliphatic carbocycles. The first kappa shape index (κ1) is 8.53. The molecule has 0 bridgehead atoms. The summed E-state index contributed by atoms with van der Waals surface area (Å²) in [6.45, 7) is 8.41. The van der Waals surface area contributed by atoms with Crippen molar-refractivity contribution in [3.63, 3.8) is 0 Å². The standard InChI is InChI=1S/C9H16N4/c1-9(2,3)7-11-8-10-5-4-6-13(8)12-7/h4-6H2,1-3H3,(H,10,11,12). The summed E-state index contributed by atoms with van der Waals surface area (Å²) in [4.78, 5) is 4.46. The van der Waals surface area contributed by atoms with E-state index in [9.17, 15) is 0 Å². The molecule has 0 unspecified atom stereocenters. The lowest BCUT2D eigenvalue weighted by Gasteiger charge is -2.12. The molecule has 0 atom stereocenters. The van der Waals surface area contributed by atoms with Crippen LogP contribution in [0.3, 0.4) is 0 Å². The van der Waals surface area contributed by atoms with Crippen LogP contribution in [-0.2, 0) is 12.0 Å². The third-order valence-corrected chi connectivity index (χ3v) is 2.17. The summed E-state index contributed by atoms with van der Waals surface area (Å²) < 4.78 is 1.96. The Kier molecular flexibility index (Phi) is 1.78. The van der Waals surface area contributed by atoms with Crippen molar-refractivity contribution in [2.45, 2.75) is 39.2 Å². The Morgan fingerprint density at radius 1 is 1.38 bits per heavy atom. The summed E-state index contributed by atoms with van der Waals surface area (Å²) in [6.07, 6.45) is 1.14. The fraction of sp³-hybridized carbons (Fsp3) is 0.778. The van der Waals surface area contributed by atoms with Crippen molar-refractivity contribution < 1.29 is 0 Å². The second kappa shape index (κ2) is 2.72. The topological polar surface area (TPSA) is 42.7 Å². The van der Waals surface area contributed by atoms with Gasteiger partial charge in [0.2, 0.25) is 5.95 Å². The summed E-state index contributed by atoms with van der Waals surface area (Å²) in [5, 5.41) is 7.71.